The van der Waals surface area contributed by atoms with E-state index in [2.05, 4.69) is 24.9 Å². The Balaban J connectivity index is 3.00. The predicted octanol–water partition coefficient (Wildman–Crippen LogP) is 2.39. The summed E-state index contributed by atoms with van der Waals surface area (Å²) in [4.78, 5) is 13.5. The quantitative estimate of drug-likeness (QED) is 0.512. The first kappa shape index (κ1) is 9.69. The van der Waals surface area contributed by atoms with Gasteiger partial charge >= 0.3 is 0 Å². The van der Waals surface area contributed by atoms with E-state index in [-0.39, 0.29) is 0 Å². The van der Waals surface area contributed by atoms with Crippen LogP contribution in [-0.4, -0.2) is 6.08 Å². The third kappa shape index (κ3) is 2.27. The number of benzene rings is 1. The average Bonchev–Trinajstić information content (AvgIpc) is 2.16. The van der Waals surface area contributed by atoms with Gasteiger partial charge in [0.25, 0.3) is 0 Å². The van der Waals surface area contributed by atoms with Crippen molar-refractivity contribution in [2.24, 2.45) is 4.99 Å². The molecule has 0 N–H and O–H groups in total. The number of hydrogen-bond donors (Lipinski definition) is 0. The molecule has 0 fully saturated rings. The van der Waals surface area contributed by atoms with Crippen molar-refractivity contribution in [2.75, 3.05) is 0 Å². The molecule has 1 rings (SSSR count). The lowest BCUT2D eigenvalue weighted by molar-refractivity contribution is 0.562. The molecule has 0 aliphatic carbocycles. The fourth-order valence-corrected chi connectivity index (χ4v) is 1.41. The summed E-state index contributed by atoms with van der Waals surface area (Å²) in [6.45, 7) is 4.63. The highest BCUT2D eigenvalue weighted by molar-refractivity contribution is 5.37. The Morgan fingerprint density at radius 1 is 1.38 bits per heavy atom. The molecule has 0 unspecified atom stereocenters. The molecule has 0 atom stereocenters. The number of aryl methyl sites for hydroxylation is 1. The van der Waals surface area contributed by atoms with E-state index in [1.54, 1.807) is 6.08 Å². The fraction of sp³-hybridized carbons (Fsp3) is 0.364. The zero-order chi connectivity index (χ0) is 9.68. The molecule has 0 saturated heterocycles. The summed E-state index contributed by atoms with van der Waals surface area (Å²) in [5, 5.41) is 0. The second-order valence-corrected chi connectivity index (χ2v) is 2.96. The summed E-state index contributed by atoms with van der Waals surface area (Å²) in [5.41, 5.74) is 3.67. The Morgan fingerprint density at radius 2 is 2.08 bits per heavy atom. The van der Waals surface area contributed by atoms with Crippen molar-refractivity contribution >= 4 is 6.08 Å². The molecule has 0 aromatic heterocycles. The number of nitrogens with zero attached hydrogens (tertiary/aromatic N) is 1. The molecule has 0 spiro atoms. The van der Waals surface area contributed by atoms with Crippen LogP contribution in [0.25, 0.3) is 0 Å². The van der Waals surface area contributed by atoms with Crippen LogP contribution in [0.2, 0.25) is 0 Å². The van der Waals surface area contributed by atoms with Crippen molar-refractivity contribution in [3.05, 3.63) is 34.9 Å². The number of carbonyl (C=O) groups excluding carboxylic acids is 1. The van der Waals surface area contributed by atoms with Crippen molar-refractivity contribution in [1.29, 1.82) is 0 Å². The van der Waals surface area contributed by atoms with Gasteiger partial charge in [-0.15, -0.1) is 0 Å². The van der Waals surface area contributed by atoms with Gasteiger partial charge in [0.2, 0.25) is 6.08 Å². The molecule has 0 amide bonds. The van der Waals surface area contributed by atoms with Crippen molar-refractivity contribution < 1.29 is 4.79 Å². The Bertz CT molecular complexity index is 338. The predicted molar refractivity (Wildman–Crippen MR) is 52.4 cm³/mol. The minimum Gasteiger partial charge on any atom is -0.211 e. The van der Waals surface area contributed by atoms with Gasteiger partial charge < -0.3 is 0 Å². The Hall–Kier alpha value is -1.40. The molecule has 1 aromatic carbocycles. The van der Waals surface area contributed by atoms with Crippen LogP contribution in [-0.2, 0) is 17.8 Å². The molecule has 2 heteroatoms. The SMILES string of the molecule is CCc1cccc(CN=C=O)c1C. The maximum absolute atomic E-state index is 9.95. The second kappa shape index (κ2) is 4.58. The van der Waals surface area contributed by atoms with Gasteiger partial charge in [-0.25, -0.2) is 9.79 Å². The number of rotatable bonds is 3. The van der Waals surface area contributed by atoms with Gasteiger partial charge in [0.15, 0.2) is 0 Å². The molecule has 2 nitrogen and oxygen atoms in total. The van der Waals surface area contributed by atoms with Gasteiger partial charge in [0.1, 0.15) is 0 Å². The summed E-state index contributed by atoms with van der Waals surface area (Å²) >= 11 is 0. The Labute approximate surface area is 78.3 Å². The van der Waals surface area contributed by atoms with Gasteiger partial charge in [-0.2, -0.15) is 0 Å². The molecule has 1 aromatic rings. The molecule has 0 aliphatic rings. The van der Waals surface area contributed by atoms with E-state index < -0.39 is 0 Å². The second-order valence-electron chi connectivity index (χ2n) is 2.96. The summed E-state index contributed by atoms with van der Waals surface area (Å²) in [5.74, 6) is 0. The zero-order valence-corrected chi connectivity index (χ0v) is 8.00. The zero-order valence-electron chi connectivity index (χ0n) is 8.00. The van der Waals surface area contributed by atoms with E-state index in [9.17, 15) is 4.79 Å². The van der Waals surface area contributed by atoms with Gasteiger partial charge in [-0.1, -0.05) is 25.1 Å². The van der Waals surface area contributed by atoms with Crippen LogP contribution in [0.15, 0.2) is 23.2 Å². The van der Waals surface area contributed by atoms with E-state index in [1.165, 1.54) is 11.1 Å². The van der Waals surface area contributed by atoms with Crippen molar-refractivity contribution in [3.8, 4) is 0 Å². The van der Waals surface area contributed by atoms with Crippen LogP contribution in [0.5, 0.6) is 0 Å². The highest BCUT2D eigenvalue weighted by atomic mass is 16.1. The van der Waals surface area contributed by atoms with Crippen LogP contribution in [0, 0.1) is 6.92 Å². The van der Waals surface area contributed by atoms with E-state index in [1.807, 2.05) is 12.1 Å². The monoisotopic (exact) mass is 175 g/mol. The number of hydrogen-bond acceptors (Lipinski definition) is 2. The smallest absolute Gasteiger partial charge is 0.211 e. The highest BCUT2D eigenvalue weighted by Gasteiger charge is 2.00. The number of isocyanates is 1. The summed E-state index contributed by atoms with van der Waals surface area (Å²) in [6, 6.07) is 6.10. The summed E-state index contributed by atoms with van der Waals surface area (Å²) < 4.78 is 0. The first-order chi connectivity index (χ1) is 6.29. The van der Waals surface area contributed by atoms with Gasteiger partial charge in [-0.3, -0.25) is 0 Å². The lowest BCUT2D eigenvalue weighted by Gasteiger charge is -2.06. The molecule has 68 valence electrons. The maximum atomic E-state index is 9.95. The third-order valence-electron chi connectivity index (χ3n) is 2.25. The minimum absolute atomic E-state index is 0.448. The topological polar surface area (TPSA) is 29.4 Å². The van der Waals surface area contributed by atoms with Crippen LogP contribution < -0.4 is 0 Å². The van der Waals surface area contributed by atoms with Crippen LogP contribution in [0.1, 0.15) is 23.6 Å². The highest BCUT2D eigenvalue weighted by Crippen LogP contribution is 2.14. The minimum atomic E-state index is 0.448. The summed E-state index contributed by atoms with van der Waals surface area (Å²) in [6.07, 6.45) is 2.57. The molecule has 13 heavy (non-hydrogen) atoms. The molecule has 0 bridgehead atoms. The molecular weight excluding hydrogens is 162 g/mol. The van der Waals surface area contributed by atoms with E-state index in [0.717, 1.165) is 12.0 Å². The third-order valence-corrected chi connectivity index (χ3v) is 2.25. The summed E-state index contributed by atoms with van der Waals surface area (Å²) in [7, 11) is 0. The first-order valence-electron chi connectivity index (χ1n) is 4.40. The van der Waals surface area contributed by atoms with E-state index >= 15 is 0 Å². The van der Waals surface area contributed by atoms with Crippen molar-refractivity contribution in [1.82, 2.24) is 0 Å². The lowest BCUT2D eigenvalue weighted by atomic mass is 10.0. The Kier molecular flexibility index (Phi) is 3.41. The molecule has 0 saturated carbocycles. The fourth-order valence-electron chi connectivity index (χ4n) is 1.41. The van der Waals surface area contributed by atoms with Gasteiger partial charge in [0.05, 0.1) is 6.54 Å². The maximum Gasteiger partial charge on any atom is 0.235 e. The van der Waals surface area contributed by atoms with Crippen molar-refractivity contribution in [3.63, 3.8) is 0 Å². The van der Waals surface area contributed by atoms with Crippen LogP contribution in [0.4, 0.5) is 0 Å². The molecule has 0 aliphatic heterocycles. The average molecular weight is 175 g/mol. The molecule has 0 radical (unpaired) electrons. The van der Waals surface area contributed by atoms with E-state index in [0.29, 0.717) is 6.54 Å². The van der Waals surface area contributed by atoms with Crippen LogP contribution >= 0.6 is 0 Å². The Morgan fingerprint density at radius 3 is 2.69 bits per heavy atom. The molecular formula is C11H13NO. The van der Waals surface area contributed by atoms with Gasteiger partial charge in [-0.05, 0) is 30.0 Å². The van der Waals surface area contributed by atoms with Gasteiger partial charge in [0, 0.05) is 0 Å². The molecule has 0 heterocycles. The normalized spacial score (nSPS) is 9.38. The van der Waals surface area contributed by atoms with Crippen LogP contribution in [0.3, 0.4) is 0 Å². The number of aliphatic imine (C=N–C) groups is 1. The standard InChI is InChI=1S/C11H13NO/c1-3-10-5-4-6-11(9(10)2)7-12-8-13/h4-6H,3,7H2,1-2H3. The first-order valence-corrected chi connectivity index (χ1v) is 4.40. The van der Waals surface area contributed by atoms with E-state index in [4.69, 9.17) is 0 Å². The van der Waals surface area contributed by atoms with Crippen molar-refractivity contribution in [2.45, 2.75) is 26.8 Å². The lowest BCUT2D eigenvalue weighted by Crippen LogP contribution is -1.92. The largest absolute Gasteiger partial charge is 0.235 e.